The normalized spacial score (nSPS) is 21.3. The summed E-state index contributed by atoms with van der Waals surface area (Å²) in [6, 6.07) is 10.3. The molecule has 1 amide bonds. The Morgan fingerprint density at radius 1 is 1.05 bits per heavy atom. The number of rotatable bonds is 7. The Labute approximate surface area is 131 Å². The first-order chi connectivity index (χ1) is 10.7. The molecular weight excluding hydrogens is 278 g/mol. The van der Waals surface area contributed by atoms with Crippen LogP contribution in [0.1, 0.15) is 44.1 Å². The smallest absolute Gasteiger partial charge is 0.307 e. The van der Waals surface area contributed by atoms with Crippen molar-refractivity contribution in [1.82, 2.24) is 5.32 Å². The highest BCUT2D eigenvalue weighted by atomic mass is 16.4. The zero-order valence-corrected chi connectivity index (χ0v) is 13.0. The number of amides is 1. The third kappa shape index (κ3) is 4.86. The van der Waals surface area contributed by atoms with Crippen LogP contribution < -0.4 is 5.32 Å². The number of carbonyl (C=O) groups is 2. The number of hydrogen-bond donors (Lipinski definition) is 2. The van der Waals surface area contributed by atoms with E-state index in [9.17, 15) is 14.7 Å². The van der Waals surface area contributed by atoms with E-state index in [-0.39, 0.29) is 11.8 Å². The van der Waals surface area contributed by atoms with Gasteiger partial charge in [-0.3, -0.25) is 9.59 Å². The van der Waals surface area contributed by atoms with Crippen LogP contribution >= 0.6 is 0 Å². The Morgan fingerprint density at radius 3 is 2.41 bits per heavy atom. The Hall–Kier alpha value is -1.84. The van der Waals surface area contributed by atoms with Crippen LogP contribution in [0.5, 0.6) is 0 Å². The van der Waals surface area contributed by atoms with Gasteiger partial charge in [0.05, 0.1) is 11.8 Å². The number of aryl methyl sites for hydroxylation is 1. The summed E-state index contributed by atoms with van der Waals surface area (Å²) in [5.41, 5.74) is 1.31. The molecule has 4 nitrogen and oxygen atoms in total. The summed E-state index contributed by atoms with van der Waals surface area (Å²) < 4.78 is 0. The molecule has 2 rings (SSSR count). The van der Waals surface area contributed by atoms with Gasteiger partial charge in [-0.25, -0.2) is 0 Å². The number of nitrogens with one attached hydrogen (secondary N) is 1. The highest BCUT2D eigenvalue weighted by Crippen LogP contribution is 2.30. The first-order valence-corrected chi connectivity index (χ1v) is 8.23. The van der Waals surface area contributed by atoms with E-state index in [0.717, 1.165) is 32.1 Å². The van der Waals surface area contributed by atoms with Gasteiger partial charge in [0.1, 0.15) is 0 Å². The minimum atomic E-state index is -0.830. The van der Waals surface area contributed by atoms with Crippen LogP contribution in [-0.2, 0) is 16.0 Å². The standard InChI is InChI=1S/C18H25NO3/c20-17(15-11-4-5-12-16(15)18(21)22)19-13-7-6-10-14-8-2-1-3-9-14/h1-3,8-9,15-16H,4-7,10-13H2,(H,19,20)(H,21,22)/t15-,16+/m0/s1. The molecule has 2 N–H and O–H groups in total. The first-order valence-electron chi connectivity index (χ1n) is 8.23. The van der Waals surface area contributed by atoms with Gasteiger partial charge in [-0.15, -0.1) is 0 Å². The van der Waals surface area contributed by atoms with Gasteiger partial charge in [0.2, 0.25) is 5.91 Å². The minimum Gasteiger partial charge on any atom is -0.481 e. The van der Waals surface area contributed by atoms with Crippen molar-refractivity contribution in [3.05, 3.63) is 35.9 Å². The molecule has 2 atom stereocenters. The van der Waals surface area contributed by atoms with E-state index < -0.39 is 11.9 Å². The highest BCUT2D eigenvalue weighted by Gasteiger charge is 2.35. The molecule has 0 bridgehead atoms. The van der Waals surface area contributed by atoms with E-state index in [1.54, 1.807) is 0 Å². The van der Waals surface area contributed by atoms with Crippen LogP contribution in [0.3, 0.4) is 0 Å². The Bertz CT molecular complexity index is 486. The fourth-order valence-corrected chi connectivity index (χ4v) is 3.18. The number of benzene rings is 1. The number of carbonyl (C=O) groups excluding carboxylic acids is 1. The molecule has 0 aliphatic heterocycles. The molecule has 0 radical (unpaired) electrons. The summed E-state index contributed by atoms with van der Waals surface area (Å²) in [5, 5.41) is 12.1. The topological polar surface area (TPSA) is 66.4 Å². The molecule has 1 aliphatic carbocycles. The maximum atomic E-state index is 12.2. The van der Waals surface area contributed by atoms with Crippen LogP contribution in [0.25, 0.3) is 0 Å². The predicted molar refractivity (Wildman–Crippen MR) is 85.5 cm³/mol. The van der Waals surface area contributed by atoms with Crippen molar-refractivity contribution in [1.29, 1.82) is 0 Å². The van der Waals surface area contributed by atoms with Crippen molar-refractivity contribution in [3.63, 3.8) is 0 Å². The van der Waals surface area contributed by atoms with E-state index in [4.69, 9.17) is 0 Å². The lowest BCUT2D eigenvalue weighted by Gasteiger charge is -2.27. The number of hydrogen-bond acceptors (Lipinski definition) is 2. The van der Waals surface area contributed by atoms with Gasteiger partial charge in [0.25, 0.3) is 0 Å². The number of unbranched alkanes of at least 4 members (excludes halogenated alkanes) is 1. The summed E-state index contributed by atoms with van der Waals surface area (Å²) in [7, 11) is 0. The SMILES string of the molecule is O=C(NCCCCc1ccccc1)[C@H]1CCCC[C@H]1C(=O)O. The first kappa shape index (κ1) is 16.5. The molecule has 0 heterocycles. The number of carboxylic acid groups (broad SMARTS) is 1. The second kappa shape index (κ2) is 8.57. The fraction of sp³-hybridized carbons (Fsp3) is 0.556. The molecule has 22 heavy (non-hydrogen) atoms. The van der Waals surface area contributed by atoms with Crippen LogP contribution in [0.2, 0.25) is 0 Å². The van der Waals surface area contributed by atoms with E-state index in [1.807, 2.05) is 18.2 Å². The van der Waals surface area contributed by atoms with Crippen LogP contribution in [-0.4, -0.2) is 23.5 Å². The van der Waals surface area contributed by atoms with Gasteiger partial charge >= 0.3 is 5.97 Å². The Morgan fingerprint density at radius 2 is 1.73 bits per heavy atom. The monoisotopic (exact) mass is 303 g/mol. The third-order valence-corrected chi connectivity index (χ3v) is 4.45. The summed E-state index contributed by atoms with van der Waals surface area (Å²) in [4.78, 5) is 23.4. The molecule has 0 spiro atoms. The molecule has 1 aromatic rings. The summed E-state index contributed by atoms with van der Waals surface area (Å²) >= 11 is 0. The van der Waals surface area contributed by atoms with E-state index in [0.29, 0.717) is 19.4 Å². The van der Waals surface area contributed by atoms with Crippen molar-refractivity contribution in [2.24, 2.45) is 11.8 Å². The van der Waals surface area contributed by atoms with Crippen molar-refractivity contribution in [2.45, 2.75) is 44.9 Å². The molecule has 1 fully saturated rings. The molecule has 1 aliphatic rings. The van der Waals surface area contributed by atoms with E-state index in [1.165, 1.54) is 5.56 Å². The average molecular weight is 303 g/mol. The maximum Gasteiger partial charge on any atom is 0.307 e. The zero-order valence-electron chi connectivity index (χ0n) is 13.0. The largest absolute Gasteiger partial charge is 0.481 e. The van der Waals surface area contributed by atoms with Crippen LogP contribution in [0.4, 0.5) is 0 Å². The van der Waals surface area contributed by atoms with Gasteiger partial charge in [0.15, 0.2) is 0 Å². The predicted octanol–water partition coefficient (Wildman–Crippen LogP) is 3.02. The van der Waals surface area contributed by atoms with Gasteiger partial charge < -0.3 is 10.4 Å². The number of carboxylic acids is 1. The van der Waals surface area contributed by atoms with Crippen LogP contribution in [0, 0.1) is 11.8 Å². The van der Waals surface area contributed by atoms with Crippen molar-refractivity contribution < 1.29 is 14.7 Å². The maximum absolute atomic E-state index is 12.2. The zero-order chi connectivity index (χ0) is 15.8. The lowest BCUT2D eigenvalue weighted by atomic mass is 9.78. The van der Waals surface area contributed by atoms with Gasteiger partial charge in [-0.1, -0.05) is 43.2 Å². The Balaban J connectivity index is 1.67. The van der Waals surface area contributed by atoms with Crippen LogP contribution in [0.15, 0.2) is 30.3 Å². The third-order valence-electron chi connectivity index (χ3n) is 4.45. The minimum absolute atomic E-state index is 0.0770. The second-order valence-electron chi connectivity index (χ2n) is 6.07. The number of aliphatic carboxylic acids is 1. The molecule has 0 aromatic heterocycles. The molecule has 4 heteroatoms. The quantitative estimate of drug-likeness (QED) is 0.761. The summed E-state index contributed by atoms with van der Waals surface area (Å²) in [6.07, 6.45) is 6.16. The molecular formula is C18H25NO3. The van der Waals surface area contributed by atoms with E-state index >= 15 is 0 Å². The van der Waals surface area contributed by atoms with Crippen molar-refractivity contribution in [2.75, 3.05) is 6.54 Å². The molecule has 1 saturated carbocycles. The fourth-order valence-electron chi connectivity index (χ4n) is 3.18. The van der Waals surface area contributed by atoms with Gasteiger partial charge in [-0.2, -0.15) is 0 Å². The lowest BCUT2D eigenvalue weighted by molar-refractivity contribution is -0.148. The van der Waals surface area contributed by atoms with Gasteiger partial charge in [-0.05, 0) is 37.7 Å². The summed E-state index contributed by atoms with van der Waals surface area (Å²) in [6.45, 7) is 0.633. The second-order valence-corrected chi connectivity index (χ2v) is 6.07. The van der Waals surface area contributed by atoms with E-state index in [2.05, 4.69) is 17.4 Å². The van der Waals surface area contributed by atoms with Crippen molar-refractivity contribution >= 4 is 11.9 Å². The van der Waals surface area contributed by atoms with Crippen molar-refractivity contribution in [3.8, 4) is 0 Å². The molecule has 0 saturated heterocycles. The highest BCUT2D eigenvalue weighted by molar-refractivity contribution is 5.84. The molecule has 1 aromatic carbocycles. The molecule has 0 unspecified atom stereocenters. The molecule has 120 valence electrons. The van der Waals surface area contributed by atoms with Gasteiger partial charge in [0, 0.05) is 6.54 Å². The summed E-state index contributed by atoms with van der Waals surface area (Å²) in [5.74, 6) is -1.76. The Kier molecular flexibility index (Phi) is 6.44. The average Bonchev–Trinajstić information content (AvgIpc) is 2.55. The lowest BCUT2D eigenvalue weighted by Crippen LogP contribution is -2.40.